The molecular weight excluding hydrogens is 292 g/mol. The Kier molecular flexibility index (Phi) is 3.56. The summed E-state index contributed by atoms with van der Waals surface area (Å²) < 4.78 is 0. The van der Waals surface area contributed by atoms with Gasteiger partial charge in [0.1, 0.15) is 10.7 Å². The molecule has 1 aliphatic rings. The largest absolute Gasteiger partial charge is 0.351 e. The third-order valence-electron chi connectivity index (χ3n) is 3.88. The zero-order valence-corrected chi connectivity index (χ0v) is 12.9. The molecule has 1 aliphatic carbocycles. The summed E-state index contributed by atoms with van der Waals surface area (Å²) in [5, 5.41) is 6.45. The Labute approximate surface area is 133 Å². The lowest BCUT2D eigenvalue weighted by atomic mass is 9.93. The van der Waals surface area contributed by atoms with Crippen LogP contribution in [0.5, 0.6) is 0 Å². The van der Waals surface area contributed by atoms with Crippen LogP contribution in [0.1, 0.15) is 19.3 Å². The average Bonchev–Trinajstić information content (AvgIpc) is 3.02. The number of thiazole rings is 1. The Balaban J connectivity index is 1.59. The van der Waals surface area contributed by atoms with Crippen molar-refractivity contribution in [1.29, 1.82) is 0 Å². The molecule has 0 radical (unpaired) electrons. The number of hydrogen-bond acceptors (Lipinski definition) is 5. The van der Waals surface area contributed by atoms with Crippen LogP contribution in [0.4, 0.5) is 5.95 Å². The molecule has 3 aromatic rings. The lowest BCUT2D eigenvalue weighted by molar-refractivity contribution is 0.443. The van der Waals surface area contributed by atoms with Crippen molar-refractivity contribution in [2.45, 2.75) is 25.3 Å². The lowest BCUT2D eigenvalue weighted by Gasteiger charge is -2.26. The van der Waals surface area contributed by atoms with Crippen LogP contribution in [0, 0.1) is 0 Å². The van der Waals surface area contributed by atoms with Gasteiger partial charge in [-0.05, 0) is 25.3 Å². The van der Waals surface area contributed by atoms with Crippen molar-refractivity contribution in [1.82, 2.24) is 15.0 Å². The molecule has 22 heavy (non-hydrogen) atoms. The number of anilines is 1. The van der Waals surface area contributed by atoms with Gasteiger partial charge in [-0.15, -0.1) is 11.3 Å². The normalized spacial score (nSPS) is 14.5. The SMILES string of the molecule is c1ccc(-c2nc(-c3ccnc(NC4CCC4)n3)cs2)cc1. The van der Waals surface area contributed by atoms with E-state index in [1.807, 2.05) is 24.3 Å². The fourth-order valence-corrected chi connectivity index (χ4v) is 3.23. The van der Waals surface area contributed by atoms with E-state index in [1.165, 1.54) is 19.3 Å². The number of nitrogens with zero attached hydrogens (tertiary/aromatic N) is 3. The summed E-state index contributed by atoms with van der Waals surface area (Å²) in [6.07, 6.45) is 5.51. The highest BCUT2D eigenvalue weighted by Gasteiger charge is 2.18. The third kappa shape index (κ3) is 2.72. The van der Waals surface area contributed by atoms with Crippen molar-refractivity contribution < 1.29 is 0 Å². The minimum Gasteiger partial charge on any atom is -0.351 e. The molecule has 0 atom stereocenters. The van der Waals surface area contributed by atoms with Gasteiger partial charge in [-0.2, -0.15) is 0 Å². The molecule has 1 saturated carbocycles. The smallest absolute Gasteiger partial charge is 0.223 e. The molecule has 1 aromatic carbocycles. The maximum atomic E-state index is 4.71. The second-order valence-electron chi connectivity index (χ2n) is 5.44. The quantitative estimate of drug-likeness (QED) is 0.783. The Bertz CT molecular complexity index is 765. The predicted molar refractivity (Wildman–Crippen MR) is 89.8 cm³/mol. The van der Waals surface area contributed by atoms with Gasteiger partial charge >= 0.3 is 0 Å². The molecule has 0 spiro atoms. The monoisotopic (exact) mass is 308 g/mol. The van der Waals surface area contributed by atoms with E-state index in [9.17, 15) is 0 Å². The summed E-state index contributed by atoms with van der Waals surface area (Å²) in [6.45, 7) is 0. The minimum absolute atomic E-state index is 0.533. The maximum Gasteiger partial charge on any atom is 0.223 e. The first kappa shape index (κ1) is 13.4. The molecule has 5 heteroatoms. The van der Waals surface area contributed by atoms with Crippen molar-refractivity contribution in [2.75, 3.05) is 5.32 Å². The molecular formula is C17H16N4S. The number of aromatic nitrogens is 3. The number of benzene rings is 1. The molecule has 4 rings (SSSR count). The van der Waals surface area contributed by atoms with Crippen LogP contribution in [0.3, 0.4) is 0 Å². The van der Waals surface area contributed by atoms with Crippen LogP contribution >= 0.6 is 11.3 Å². The van der Waals surface area contributed by atoms with Gasteiger partial charge < -0.3 is 5.32 Å². The topological polar surface area (TPSA) is 50.7 Å². The molecule has 1 N–H and O–H groups in total. The molecule has 0 aliphatic heterocycles. The second kappa shape index (κ2) is 5.85. The van der Waals surface area contributed by atoms with Crippen LogP contribution in [0.15, 0.2) is 48.0 Å². The van der Waals surface area contributed by atoms with E-state index in [4.69, 9.17) is 4.98 Å². The van der Waals surface area contributed by atoms with Crippen LogP contribution in [0.25, 0.3) is 22.0 Å². The number of hydrogen-bond donors (Lipinski definition) is 1. The van der Waals surface area contributed by atoms with Gasteiger partial charge in [-0.1, -0.05) is 30.3 Å². The highest BCUT2D eigenvalue weighted by molar-refractivity contribution is 7.13. The fourth-order valence-electron chi connectivity index (χ4n) is 2.41. The molecule has 0 unspecified atom stereocenters. The molecule has 0 amide bonds. The van der Waals surface area contributed by atoms with Crippen LogP contribution in [0.2, 0.25) is 0 Å². The lowest BCUT2D eigenvalue weighted by Crippen LogP contribution is -2.28. The standard InChI is InChI=1S/C17H16N4S/c1-2-5-12(6-3-1)16-20-15(11-22-16)14-9-10-18-17(21-14)19-13-7-4-8-13/h1-3,5-6,9-11,13H,4,7-8H2,(H,18,19,21). The Morgan fingerprint density at radius 3 is 2.64 bits per heavy atom. The molecule has 1 fully saturated rings. The van der Waals surface area contributed by atoms with E-state index >= 15 is 0 Å². The van der Waals surface area contributed by atoms with Crippen molar-refractivity contribution in [3.8, 4) is 22.0 Å². The third-order valence-corrected chi connectivity index (χ3v) is 4.77. The average molecular weight is 308 g/mol. The summed E-state index contributed by atoms with van der Waals surface area (Å²) in [5.74, 6) is 0.705. The first-order valence-electron chi connectivity index (χ1n) is 7.49. The fraction of sp³-hybridized carbons (Fsp3) is 0.235. The minimum atomic E-state index is 0.533. The number of nitrogens with one attached hydrogen (secondary N) is 1. The zero-order chi connectivity index (χ0) is 14.8. The summed E-state index contributed by atoms with van der Waals surface area (Å²) in [6, 6.07) is 12.7. The predicted octanol–water partition coefficient (Wildman–Crippen LogP) is 4.23. The van der Waals surface area contributed by atoms with Gasteiger partial charge in [0.25, 0.3) is 0 Å². The van der Waals surface area contributed by atoms with Crippen LogP contribution in [-0.4, -0.2) is 21.0 Å². The summed E-state index contributed by atoms with van der Waals surface area (Å²) in [4.78, 5) is 13.6. The molecule has 0 saturated heterocycles. The highest BCUT2D eigenvalue weighted by atomic mass is 32.1. The van der Waals surface area contributed by atoms with Gasteiger partial charge in [0.15, 0.2) is 0 Å². The summed E-state index contributed by atoms with van der Waals surface area (Å²) >= 11 is 1.64. The second-order valence-corrected chi connectivity index (χ2v) is 6.30. The summed E-state index contributed by atoms with van der Waals surface area (Å²) in [5.41, 5.74) is 2.92. The van der Waals surface area contributed by atoms with Gasteiger partial charge in [-0.3, -0.25) is 0 Å². The molecule has 4 nitrogen and oxygen atoms in total. The van der Waals surface area contributed by atoms with Crippen molar-refractivity contribution in [3.63, 3.8) is 0 Å². The van der Waals surface area contributed by atoms with E-state index in [2.05, 4.69) is 32.8 Å². The van der Waals surface area contributed by atoms with Gasteiger partial charge in [-0.25, -0.2) is 15.0 Å². The van der Waals surface area contributed by atoms with Crippen molar-refractivity contribution in [3.05, 3.63) is 48.0 Å². The molecule has 0 bridgehead atoms. The van der Waals surface area contributed by atoms with E-state index in [0.29, 0.717) is 12.0 Å². The molecule has 2 heterocycles. The van der Waals surface area contributed by atoms with E-state index in [0.717, 1.165) is 22.0 Å². The molecule has 110 valence electrons. The maximum absolute atomic E-state index is 4.71. The van der Waals surface area contributed by atoms with Crippen LogP contribution in [-0.2, 0) is 0 Å². The summed E-state index contributed by atoms with van der Waals surface area (Å²) in [7, 11) is 0. The Morgan fingerprint density at radius 1 is 1.00 bits per heavy atom. The van der Waals surface area contributed by atoms with E-state index < -0.39 is 0 Å². The Morgan fingerprint density at radius 2 is 1.86 bits per heavy atom. The first-order valence-corrected chi connectivity index (χ1v) is 8.37. The number of rotatable bonds is 4. The first-order chi connectivity index (χ1) is 10.9. The molecule has 2 aromatic heterocycles. The van der Waals surface area contributed by atoms with Crippen molar-refractivity contribution >= 4 is 17.3 Å². The van der Waals surface area contributed by atoms with E-state index in [-0.39, 0.29) is 0 Å². The Hall–Kier alpha value is -2.27. The van der Waals surface area contributed by atoms with Gasteiger partial charge in [0.2, 0.25) is 5.95 Å². The zero-order valence-electron chi connectivity index (χ0n) is 12.1. The van der Waals surface area contributed by atoms with Gasteiger partial charge in [0.05, 0.1) is 5.69 Å². The van der Waals surface area contributed by atoms with Gasteiger partial charge in [0, 0.05) is 23.2 Å². The van der Waals surface area contributed by atoms with E-state index in [1.54, 1.807) is 17.5 Å². The van der Waals surface area contributed by atoms with Crippen molar-refractivity contribution in [2.24, 2.45) is 0 Å². The highest BCUT2D eigenvalue weighted by Crippen LogP contribution is 2.28. The van der Waals surface area contributed by atoms with Crippen LogP contribution < -0.4 is 5.32 Å².